The summed E-state index contributed by atoms with van der Waals surface area (Å²) >= 11 is 6.09. The molecule has 2 heterocycles. The lowest BCUT2D eigenvalue weighted by atomic mass is 10.3. The zero-order valence-corrected chi connectivity index (χ0v) is 10.4. The van der Waals surface area contributed by atoms with Crippen molar-refractivity contribution in [2.75, 3.05) is 6.54 Å². The molecule has 0 amide bonds. The number of halogens is 1. The van der Waals surface area contributed by atoms with Crippen LogP contribution in [0, 0.1) is 0 Å². The average molecular weight is 262 g/mol. The lowest BCUT2D eigenvalue weighted by Gasteiger charge is -1.94. The second-order valence-corrected chi connectivity index (χ2v) is 4.41. The van der Waals surface area contributed by atoms with Crippen molar-refractivity contribution in [2.45, 2.75) is 6.54 Å². The quantitative estimate of drug-likeness (QED) is 0.758. The number of para-hydroxylation sites is 1. The Morgan fingerprint density at radius 2 is 2.28 bits per heavy atom. The standard InChI is InChI=1S/C12H12ClN5/c13-8-2-1-3-9-11(8)17-12(16-9)10-6-18(5-4-14)7-15-10/h1-3,6-7H,4-5,14H2,(H,16,17). The molecular weight excluding hydrogens is 250 g/mol. The Balaban J connectivity index is 2.05. The van der Waals surface area contributed by atoms with Gasteiger partial charge in [0.25, 0.3) is 0 Å². The molecule has 2 aromatic heterocycles. The molecule has 0 atom stereocenters. The summed E-state index contributed by atoms with van der Waals surface area (Å²) in [7, 11) is 0. The van der Waals surface area contributed by atoms with Gasteiger partial charge < -0.3 is 15.3 Å². The van der Waals surface area contributed by atoms with Gasteiger partial charge in [0.15, 0.2) is 5.82 Å². The van der Waals surface area contributed by atoms with E-state index < -0.39 is 0 Å². The number of rotatable bonds is 3. The van der Waals surface area contributed by atoms with E-state index in [1.807, 2.05) is 29.0 Å². The number of aromatic nitrogens is 4. The van der Waals surface area contributed by atoms with Gasteiger partial charge in [-0.25, -0.2) is 9.97 Å². The molecule has 0 saturated heterocycles. The molecule has 0 radical (unpaired) electrons. The smallest absolute Gasteiger partial charge is 0.158 e. The van der Waals surface area contributed by atoms with Gasteiger partial charge in [0, 0.05) is 19.3 Å². The molecule has 1 aromatic carbocycles. The van der Waals surface area contributed by atoms with Gasteiger partial charge in [0.2, 0.25) is 0 Å². The Bertz CT molecular complexity index is 685. The van der Waals surface area contributed by atoms with E-state index in [4.69, 9.17) is 17.3 Å². The largest absolute Gasteiger partial charge is 0.337 e. The Kier molecular flexibility index (Phi) is 2.77. The summed E-state index contributed by atoms with van der Waals surface area (Å²) in [5.41, 5.74) is 7.96. The molecule has 0 spiro atoms. The summed E-state index contributed by atoms with van der Waals surface area (Å²) in [5.74, 6) is 0.717. The van der Waals surface area contributed by atoms with Crippen LogP contribution in [0.2, 0.25) is 5.02 Å². The first kappa shape index (κ1) is 11.3. The van der Waals surface area contributed by atoms with Gasteiger partial charge in [-0.05, 0) is 12.1 Å². The lowest BCUT2D eigenvalue weighted by Crippen LogP contribution is -2.07. The fourth-order valence-corrected chi connectivity index (χ4v) is 2.09. The minimum Gasteiger partial charge on any atom is -0.337 e. The fourth-order valence-electron chi connectivity index (χ4n) is 1.87. The van der Waals surface area contributed by atoms with Crippen molar-refractivity contribution < 1.29 is 0 Å². The molecule has 92 valence electrons. The van der Waals surface area contributed by atoms with E-state index in [9.17, 15) is 0 Å². The predicted molar refractivity (Wildman–Crippen MR) is 71.4 cm³/mol. The van der Waals surface area contributed by atoms with Gasteiger partial charge in [-0.1, -0.05) is 17.7 Å². The van der Waals surface area contributed by atoms with Crippen molar-refractivity contribution in [3.05, 3.63) is 35.7 Å². The van der Waals surface area contributed by atoms with E-state index in [0.29, 0.717) is 17.4 Å². The Hall–Kier alpha value is -1.85. The number of imidazole rings is 2. The van der Waals surface area contributed by atoms with Crippen LogP contribution < -0.4 is 5.73 Å². The predicted octanol–water partition coefficient (Wildman–Crippen LogP) is 2.04. The van der Waals surface area contributed by atoms with Crippen molar-refractivity contribution >= 4 is 22.6 Å². The maximum absolute atomic E-state index is 6.09. The van der Waals surface area contributed by atoms with Crippen LogP contribution in [0.3, 0.4) is 0 Å². The zero-order valence-electron chi connectivity index (χ0n) is 9.60. The van der Waals surface area contributed by atoms with Crippen molar-refractivity contribution in [3.8, 4) is 11.5 Å². The monoisotopic (exact) mass is 261 g/mol. The number of aromatic amines is 1. The number of fused-ring (bicyclic) bond motifs is 1. The number of benzene rings is 1. The molecule has 18 heavy (non-hydrogen) atoms. The van der Waals surface area contributed by atoms with Crippen LogP contribution >= 0.6 is 11.6 Å². The first-order valence-corrected chi connectivity index (χ1v) is 6.02. The third-order valence-electron chi connectivity index (χ3n) is 2.73. The molecule has 3 aromatic rings. The number of hydrogen-bond acceptors (Lipinski definition) is 3. The second-order valence-electron chi connectivity index (χ2n) is 4.01. The van der Waals surface area contributed by atoms with E-state index in [0.717, 1.165) is 23.3 Å². The van der Waals surface area contributed by atoms with E-state index in [2.05, 4.69) is 15.0 Å². The van der Waals surface area contributed by atoms with Crippen LogP contribution in [0.4, 0.5) is 0 Å². The lowest BCUT2D eigenvalue weighted by molar-refractivity contribution is 0.708. The summed E-state index contributed by atoms with van der Waals surface area (Å²) in [6, 6.07) is 5.65. The van der Waals surface area contributed by atoms with Crippen molar-refractivity contribution in [2.24, 2.45) is 5.73 Å². The molecule has 0 unspecified atom stereocenters. The molecule has 3 rings (SSSR count). The highest BCUT2D eigenvalue weighted by Crippen LogP contribution is 2.24. The topological polar surface area (TPSA) is 72.5 Å². The molecule has 3 N–H and O–H groups in total. The van der Waals surface area contributed by atoms with Crippen LogP contribution in [0.25, 0.3) is 22.6 Å². The number of nitrogens with one attached hydrogen (secondary N) is 1. The third kappa shape index (κ3) is 1.87. The van der Waals surface area contributed by atoms with Crippen LogP contribution in [0.1, 0.15) is 0 Å². The SMILES string of the molecule is NCCn1cnc(-c2nc3c(Cl)cccc3[nH]2)c1. The second kappa shape index (κ2) is 4.44. The molecular formula is C12H12ClN5. The molecule has 0 saturated carbocycles. The maximum Gasteiger partial charge on any atom is 0.158 e. The van der Waals surface area contributed by atoms with Gasteiger partial charge >= 0.3 is 0 Å². The molecule has 6 heteroatoms. The third-order valence-corrected chi connectivity index (χ3v) is 3.03. The van der Waals surface area contributed by atoms with Crippen LogP contribution in [0.15, 0.2) is 30.7 Å². The highest BCUT2D eigenvalue weighted by Gasteiger charge is 2.09. The number of nitrogens with zero attached hydrogens (tertiary/aromatic N) is 3. The van der Waals surface area contributed by atoms with Crippen LogP contribution in [-0.2, 0) is 6.54 Å². The van der Waals surface area contributed by atoms with Gasteiger partial charge in [0.1, 0.15) is 11.2 Å². The first-order chi connectivity index (χ1) is 8.78. The van der Waals surface area contributed by atoms with E-state index in [-0.39, 0.29) is 0 Å². The molecule has 5 nitrogen and oxygen atoms in total. The normalized spacial score (nSPS) is 11.2. The molecule has 0 aliphatic heterocycles. The van der Waals surface area contributed by atoms with E-state index in [1.165, 1.54) is 0 Å². The summed E-state index contributed by atoms with van der Waals surface area (Å²) < 4.78 is 1.93. The summed E-state index contributed by atoms with van der Waals surface area (Å²) in [5, 5.41) is 0.636. The van der Waals surface area contributed by atoms with Crippen LogP contribution in [-0.4, -0.2) is 26.1 Å². The minimum atomic E-state index is 0.585. The zero-order chi connectivity index (χ0) is 12.5. The number of nitrogens with two attached hydrogens (primary N) is 1. The average Bonchev–Trinajstić information content (AvgIpc) is 2.96. The van der Waals surface area contributed by atoms with Gasteiger partial charge in [-0.15, -0.1) is 0 Å². The maximum atomic E-state index is 6.09. The highest BCUT2D eigenvalue weighted by molar-refractivity contribution is 6.34. The van der Waals surface area contributed by atoms with Crippen molar-refractivity contribution in [1.29, 1.82) is 0 Å². The molecule has 0 fully saturated rings. The molecule has 0 aliphatic rings. The van der Waals surface area contributed by atoms with Crippen molar-refractivity contribution in [1.82, 2.24) is 19.5 Å². The van der Waals surface area contributed by atoms with Gasteiger partial charge in [-0.2, -0.15) is 0 Å². The van der Waals surface area contributed by atoms with Gasteiger partial charge in [-0.3, -0.25) is 0 Å². The number of H-pyrrole nitrogens is 1. The highest BCUT2D eigenvalue weighted by atomic mass is 35.5. The first-order valence-electron chi connectivity index (χ1n) is 5.64. The Labute approximate surface area is 109 Å². The Morgan fingerprint density at radius 3 is 3.06 bits per heavy atom. The van der Waals surface area contributed by atoms with Crippen LogP contribution in [0.5, 0.6) is 0 Å². The fraction of sp³-hybridized carbons (Fsp3) is 0.167. The van der Waals surface area contributed by atoms with E-state index in [1.54, 1.807) is 6.33 Å². The summed E-state index contributed by atoms with van der Waals surface area (Å²) in [6.45, 7) is 1.33. The molecule has 0 bridgehead atoms. The Morgan fingerprint density at radius 1 is 1.39 bits per heavy atom. The summed E-state index contributed by atoms with van der Waals surface area (Å²) in [4.78, 5) is 12.0. The summed E-state index contributed by atoms with van der Waals surface area (Å²) in [6.07, 6.45) is 3.66. The van der Waals surface area contributed by atoms with E-state index >= 15 is 0 Å². The van der Waals surface area contributed by atoms with Crippen molar-refractivity contribution in [3.63, 3.8) is 0 Å². The minimum absolute atomic E-state index is 0.585. The molecule has 0 aliphatic carbocycles. The number of hydrogen-bond donors (Lipinski definition) is 2. The van der Waals surface area contributed by atoms with Gasteiger partial charge in [0.05, 0.1) is 16.9 Å².